The van der Waals surface area contributed by atoms with Crippen LogP contribution in [0, 0.1) is 6.92 Å². The number of hydrogen-bond acceptors (Lipinski definition) is 6. The fourth-order valence-corrected chi connectivity index (χ4v) is 5.08. The molecule has 0 unspecified atom stereocenters. The molecular formula is C23H26N2O6S2. The molecule has 33 heavy (non-hydrogen) atoms. The zero-order chi connectivity index (χ0) is 24.1. The molecule has 3 rings (SSSR count). The van der Waals surface area contributed by atoms with Crippen LogP contribution in [-0.2, 0) is 20.0 Å². The fraction of sp³-hybridized carbons (Fsp3) is 0.217. The molecule has 0 amide bonds. The number of sulfonamides is 2. The largest absolute Gasteiger partial charge is 0.490 e. The molecule has 0 bridgehead atoms. The van der Waals surface area contributed by atoms with Gasteiger partial charge in [-0.15, -0.1) is 0 Å². The topological polar surface area (TPSA) is 111 Å². The lowest BCUT2D eigenvalue weighted by atomic mass is 10.2. The van der Waals surface area contributed by atoms with E-state index in [1.54, 1.807) is 31.2 Å². The van der Waals surface area contributed by atoms with Crippen molar-refractivity contribution in [1.29, 1.82) is 0 Å². The minimum atomic E-state index is -3.94. The zero-order valence-corrected chi connectivity index (χ0v) is 20.2. The summed E-state index contributed by atoms with van der Waals surface area (Å²) in [6.45, 7) is 6.28. The second-order valence-corrected chi connectivity index (χ2v) is 10.4. The maximum absolute atomic E-state index is 12.8. The molecule has 3 aromatic rings. The number of hydrogen-bond donors (Lipinski definition) is 2. The summed E-state index contributed by atoms with van der Waals surface area (Å²) >= 11 is 0. The van der Waals surface area contributed by atoms with Gasteiger partial charge in [0, 0.05) is 17.4 Å². The first-order valence-corrected chi connectivity index (χ1v) is 13.2. The van der Waals surface area contributed by atoms with Crippen LogP contribution in [0.25, 0.3) is 0 Å². The standard InChI is InChI=1S/C23H26N2O6S2/c1-4-30-22-15-14-21(16-23(22)31-5-2)33(28,29)25-19-10-12-20(13-11-19)32(26,27)24-18-8-6-17(3)7-9-18/h6-16,24-25H,4-5H2,1-3H3. The highest BCUT2D eigenvalue weighted by molar-refractivity contribution is 7.93. The molecule has 0 saturated carbocycles. The molecule has 8 nitrogen and oxygen atoms in total. The van der Waals surface area contributed by atoms with E-state index < -0.39 is 20.0 Å². The summed E-state index contributed by atoms with van der Waals surface area (Å²) in [5.74, 6) is 0.778. The Hall–Kier alpha value is -3.24. The van der Waals surface area contributed by atoms with Gasteiger partial charge in [-0.05, 0) is 69.3 Å². The zero-order valence-electron chi connectivity index (χ0n) is 18.5. The first kappa shape index (κ1) is 24.4. The Morgan fingerprint density at radius 1 is 0.636 bits per heavy atom. The predicted octanol–water partition coefficient (Wildman–Crippen LogP) is 4.39. The van der Waals surface area contributed by atoms with E-state index in [0.29, 0.717) is 30.4 Å². The van der Waals surface area contributed by atoms with Crippen molar-refractivity contribution < 1.29 is 26.3 Å². The molecule has 0 aliphatic carbocycles. The Morgan fingerprint density at radius 2 is 1.09 bits per heavy atom. The van der Waals surface area contributed by atoms with Gasteiger partial charge < -0.3 is 9.47 Å². The predicted molar refractivity (Wildman–Crippen MR) is 128 cm³/mol. The molecule has 3 aromatic carbocycles. The van der Waals surface area contributed by atoms with Gasteiger partial charge in [-0.3, -0.25) is 9.44 Å². The molecule has 0 aliphatic rings. The fourth-order valence-electron chi connectivity index (χ4n) is 2.95. The van der Waals surface area contributed by atoms with E-state index in [1.807, 2.05) is 13.8 Å². The highest BCUT2D eigenvalue weighted by Crippen LogP contribution is 2.31. The van der Waals surface area contributed by atoms with Gasteiger partial charge in [-0.25, -0.2) is 16.8 Å². The Bertz CT molecular complexity index is 1300. The molecular weight excluding hydrogens is 464 g/mol. The number of aryl methyl sites for hydroxylation is 1. The first-order chi connectivity index (χ1) is 15.6. The lowest BCUT2D eigenvalue weighted by molar-refractivity contribution is 0.287. The summed E-state index contributed by atoms with van der Waals surface area (Å²) in [6, 6.07) is 16.7. The molecule has 10 heteroatoms. The third-order valence-electron chi connectivity index (χ3n) is 4.55. The number of rotatable bonds is 10. The Kier molecular flexibility index (Phi) is 7.50. The van der Waals surface area contributed by atoms with Crippen LogP contribution in [-0.4, -0.2) is 30.0 Å². The summed E-state index contributed by atoms with van der Waals surface area (Å²) in [5, 5.41) is 0. The van der Waals surface area contributed by atoms with Gasteiger partial charge in [0.15, 0.2) is 11.5 Å². The van der Waals surface area contributed by atoms with E-state index in [9.17, 15) is 16.8 Å². The van der Waals surface area contributed by atoms with Gasteiger partial charge in [0.05, 0.1) is 23.0 Å². The lowest BCUT2D eigenvalue weighted by Gasteiger charge is -2.14. The number of nitrogens with one attached hydrogen (secondary N) is 2. The first-order valence-electron chi connectivity index (χ1n) is 10.3. The van der Waals surface area contributed by atoms with E-state index >= 15 is 0 Å². The van der Waals surface area contributed by atoms with Gasteiger partial charge in [0.2, 0.25) is 0 Å². The highest BCUT2D eigenvalue weighted by atomic mass is 32.2. The van der Waals surface area contributed by atoms with Crippen LogP contribution in [0.15, 0.2) is 76.5 Å². The van der Waals surface area contributed by atoms with Crippen molar-refractivity contribution in [3.05, 3.63) is 72.3 Å². The van der Waals surface area contributed by atoms with Crippen molar-refractivity contribution in [2.45, 2.75) is 30.6 Å². The summed E-state index contributed by atoms with van der Waals surface area (Å²) < 4.78 is 66.8. The molecule has 2 N–H and O–H groups in total. The number of ether oxygens (including phenoxy) is 2. The summed E-state index contributed by atoms with van der Waals surface area (Å²) in [6.07, 6.45) is 0. The SMILES string of the molecule is CCOc1ccc(S(=O)(=O)Nc2ccc(S(=O)(=O)Nc3ccc(C)cc3)cc2)cc1OCC. The molecule has 0 atom stereocenters. The average Bonchev–Trinajstić information content (AvgIpc) is 2.77. The highest BCUT2D eigenvalue weighted by Gasteiger charge is 2.19. The van der Waals surface area contributed by atoms with Gasteiger partial charge in [-0.2, -0.15) is 0 Å². The second kappa shape index (κ2) is 10.1. The van der Waals surface area contributed by atoms with Gasteiger partial charge >= 0.3 is 0 Å². The molecule has 176 valence electrons. The van der Waals surface area contributed by atoms with Crippen molar-refractivity contribution in [1.82, 2.24) is 0 Å². The van der Waals surface area contributed by atoms with E-state index in [1.165, 1.54) is 42.5 Å². The van der Waals surface area contributed by atoms with Gasteiger partial charge in [-0.1, -0.05) is 17.7 Å². The van der Waals surface area contributed by atoms with Crippen molar-refractivity contribution in [2.75, 3.05) is 22.7 Å². The maximum atomic E-state index is 12.8. The average molecular weight is 491 g/mol. The molecule has 0 aromatic heterocycles. The summed E-state index contributed by atoms with van der Waals surface area (Å²) in [4.78, 5) is -0.00198. The molecule has 0 fully saturated rings. The molecule has 0 spiro atoms. The Morgan fingerprint density at radius 3 is 1.64 bits per heavy atom. The van der Waals surface area contributed by atoms with Crippen molar-refractivity contribution in [3.63, 3.8) is 0 Å². The lowest BCUT2D eigenvalue weighted by Crippen LogP contribution is -2.15. The second-order valence-electron chi connectivity index (χ2n) is 7.08. The third kappa shape index (κ3) is 6.17. The third-order valence-corrected chi connectivity index (χ3v) is 7.32. The molecule has 0 radical (unpaired) electrons. The van der Waals surface area contributed by atoms with E-state index in [-0.39, 0.29) is 15.5 Å². The van der Waals surface area contributed by atoms with Crippen LogP contribution >= 0.6 is 0 Å². The van der Waals surface area contributed by atoms with Crippen molar-refractivity contribution in [2.24, 2.45) is 0 Å². The van der Waals surface area contributed by atoms with Crippen molar-refractivity contribution >= 4 is 31.4 Å². The van der Waals surface area contributed by atoms with Crippen LogP contribution in [0.1, 0.15) is 19.4 Å². The number of benzene rings is 3. The van der Waals surface area contributed by atoms with Gasteiger partial charge in [0.1, 0.15) is 0 Å². The smallest absolute Gasteiger partial charge is 0.262 e. The van der Waals surface area contributed by atoms with Crippen molar-refractivity contribution in [3.8, 4) is 11.5 Å². The minimum absolute atomic E-state index is 0.00530. The van der Waals surface area contributed by atoms with E-state index in [2.05, 4.69) is 9.44 Å². The van der Waals surface area contributed by atoms with Crippen LogP contribution in [0.5, 0.6) is 11.5 Å². The van der Waals surface area contributed by atoms with E-state index in [0.717, 1.165) is 5.56 Å². The van der Waals surface area contributed by atoms with Crippen LogP contribution < -0.4 is 18.9 Å². The number of anilines is 2. The summed E-state index contributed by atoms with van der Waals surface area (Å²) in [7, 11) is -7.76. The normalized spacial score (nSPS) is 11.6. The van der Waals surface area contributed by atoms with Gasteiger partial charge in [0.25, 0.3) is 20.0 Å². The molecule has 0 saturated heterocycles. The minimum Gasteiger partial charge on any atom is -0.490 e. The van der Waals surface area contributed by atoms with Crippen LogP contribution in [0.4, 0.5) is 11.4 Å². The van der Waals surface area contributed by atoms with Crippen LogP contribution in [0.2, 0.25) is 0 Å². The quantitative estimate of drug-likeness (QED) is 0.436. The summed E-state index contributed by atoms with van der Waals surface area (Å²) in [5.41, 5.74) is 1.66. The maximum Gasteiger partial charge on any atom is 0.262 e. The molecule has 0 aliphatic heterocycles. The van der Waals surface area contributed by atoms with E-state index in [4.69, 9.17) is 9.47 Å². The molecule has 0 heterocycles. The Labute approximate surface area is 194 Å². The monoisotopic (exact) mass is 490 g/mol. The Balaban J connectivity index is 1.78. The van der Waals surface area contributed by atoms with Crippen LogP contribution in [0.3, 0.4) is 0 Å².